The molecule has 5 heteroatoms. The van der Waals surface area contributed by atoms with Gasteiger partial charge in [-0.05, 0) is 12.5 Å². The number of hydrogen-bond acceptors (Lipinski definition) is 5. The van der Waals surface area contributed by atoms with Gasteiger partial charge in [0.25, 0.3) is 0 Å². The second-order valence-electron chi connectivity index (χ2n) is 7.30. The highest BCUT2D eigenvalue weighted by atomic mass is 16.5. The largest absolute Gasteiger partial charge is 0.368 e. The molecule has 2 atom stereocenters. The summed E-state index contributed by atoms with van der Waals surface area (Å²) in [5.41, 5.74) is 1.12. The first-order chi connectivity index (χ1) is 10.9. The maximum atomic E-state index is 6.09. The topological polar surface area (TPSA) is 51.4 Å². The Morgan fingerprint density at radius 1 is 1.17 bits per heavy atom. The Hall–Kier alpha value is -1.72. The van der Waals surface area contributed by atoms with E-state index in [0.29, 0.717) is 12.4 Å². The van der Waals surface area contributed by atoms with Gasteiger partial charge in [-0.25, -0.2) is 0 Å². The number of ether oxygens (including phenoxy) is 1. The zero-order valence-electron chi connectivity index (χ0n) is 14.3. The van der Waals surface area contributed by atoms with Crippen LogP contribution in [0.25, 0.3) is 0 Å². The van der Waals surface area contributed by atoms with Crippen LogP contribution in [-0.2, 0) is 16.7 Å². The van der Waals surface area contributed by atoms with E-state index in [1.54, 1.807) is 0 Å². The third kappa shape index (κ3) is 3.98. The van der Waals surface area contributed by atoms with Gasteiger partial charge in [-0.1, -0.05) is 56.3 Å². The zero-order valence-corrected chi connectivity index (χ0v) is 14.3. The Morgan fingerprint density at radius 3 is 2.57 bits per heavy atom. The molecular weight excluding hydrogens is 290 g/mol. The molecule has 0 aliphatic carbocycles. The van der Waals surface area contributed by atoms with Crippen molar-refractivity contribution in [3.05, 3.63) is 47.6 Å². The Bertz CT molecular complexity index is 633. The molecular formula is C18H25N3O2. The first-order valence-electron chi connectivity index (χ1n) is 8.17. The number of hydrogen-bond donors (Lipinski definition) is 0. The second kappa shape index (κ2) is 6.42. The summed E-state index contributed by atoms with van der Waals surface area (Å²) in [5, 5.41) is 4.11. The fourth-order valence-electron chi connectivity index (χ4n) is 2.83. The second-order valence-corrected chi connectivity index (χ2v) is 7.30. The van der Waals surface area contributed by atoms with Crippen LogP contribution in [0.2, 0.25) is 0 Å². The first kappa shape index (κ1) is 16.1. The van der Waals surface area contributed by atoms with Gasteiger partial charge in [0.05, 0.1) is 18.8 Å². The molecule has 124 valence electrons. The van der Waals surface area contributed by atoms with Crippen LogP contribution >= 0.6 is 0 Å². The summed E-state index contributed by atoms with van der Waals surface area (Å²) < 4.78 is 11.5. The first-order valence-corrected chi connectivity index (χ1v) is 8.17. The summed E-state index contributed by atoms with van der Waals surface area (Å²) in [6.45, 7) is 10.7. The lowest BCUT2D eigenvalue weighted by molar-refractivity contribution is -0.0832. The van der Waals surface area contributed by atoms with Crippen molar-refractivity contribution in [3.63, 3.8) is 0 Å². The molecule has 0 spiro atoms. The third-order valence-corrected chi connectivity index (χ3v) is 4.01. The van der Waals surface area contributed by atoms with Crippen LogP contribution in [0.15, 0.2) is 34.9 Å². The predicted molar refractivity (Wildman–Crippen MR) is 88.0 cm³/mol. The van der Waals surface area contributed by atoms with Gasteiger partial charge in [-0.15, -0.1) is 0 Å². The smallest absolute Gasteiger partial charge is 0.240 e. The summed E-state index contributed by atoms with van der Waals surface area (Å²) in [6, 6.07) is 10.4. The average molecular weight is 315 g/mol. The molecule has 0 amide bonds. The van der Waals surface area contributed by atoms with Crippen molar-refractivity contribution in [1.82, 2.24) is 15.0 Å². The van der Waals surface area contributed by atoms with Crippen LogP contribution in [0.1, 0.15) is 51.1 Å². The van der Waals surface area contributed by atoms with E-state index in [1.165, 1.54) is 5.56 Å². The maximum absolute atomic E-state index is 6.09. The molecule has 5 nitrogen and oxygen atoms in total. The van der Waals surface area contributed by atoms with Crippen molar-refractivity contribution in [3.8, 4) is 0 Å². The summed E-state index contributed by atoms with van der Waals surface area (Å²) in [4.78, 5) is 6.86. The highest BCUT2D eigenvalue weighted by Gasteiger charge is 2.28. The zero-order chi connectivity index (χ0) is 16.4. The molecule has 1 aliphatic rings. The molecule has 0 unspecified atom stereocenters. The van der Waals surface area contributed by atoms with E-state index in [0.717, 1.165) is 18.9 Å². The monoisotopic (exact) mass is 315 g/mol. The molecule has 1 aliphatic heterocycles. The third-order valence-electron chi connectivity index (χ3n) is 4.01. The van der Waals surface area contributed by atoms with E-state index in [9.17, 15) is 0 Å². The van der Waals surface area contributed by atoms with Crippen LogP contribution in [0.3, 0.4) is 0 Å². The molecule has 2 aromatic rings. The highest BCUT2D eigenvalue weighted by Crippen LogP contribution is 2.26. The number of morpholine rings is 1. The van der Waals surface area contributed by atoms with Crippen LogP contribution in [-0.4, -0.2) is 34.2 Å². The van der Waals surface area contributed by atoms with Crippen molar-refractivity contribution < 1.29 is 9.26 Å². The Kier molecular flexibility index (Phi) is 4.50. The van der Waals surface area contributed by atoms with Gasteiger partial charge in [-0.3, -0.25) is 4.90 Å². The van der Waals surface area contributed by atoms with Gasteiger partial charge in [0.2, 0.25) is 5.89 Å². The van der Waals surface area contributed by atoms with Crippen LogP contribution in [0.5, 0.6) is 0 Å². The van der Waals surface area contributed by atoms with Crippen molar-refractivity contribution in [2.45, 2.75) is 51.9 Å². The van der Waals surface area contributed by atoms with Gasteiger partial charge >= 0.3 is 0 Å². The molecule has 1 saturated heterocycles. The van der Waals surface area contributed by atoms with Gasteiger partial charge in [0.1, 0.15) is 0 Å². The van der Waals surface area contributed by atoms with Gasteiger partial charge < -0.3 is 9.26 Å². The van der Waals surface area contributed by atoms with Crippen molar-refractivity contribution in [2.24, 2.45) is 0 Å². The summed E-state index contributed by atoms with van der Waals surface area (Å²) >= 11 is 0. The molecule has 0 radical (unpaired) electrons. The minimum absolute atomic E-state index is 0.0879. The highest BCUT2D eigenvalue weighted by molar-refractivity contribution is 5.18. The van der Waals surface area contributed by atoms with E-state index >= 15 is 0 Å². The molecule has 0 N–H and O–H groups in total. The fourth-order valence-corrected chi connectivity index (χ4v) is 2.83. The van der Waals surface area contributed by atoms with E-state index in [-0.39, 0.29) is 17.6 Å². The Labute approximate surface area is 137 Å². The summed E-state index contributed by atoms with van der Waals surface area (Å²) in [6.07, 6.45) is 0.268. The molecule has 1 aromatic carbocycles. The molecule has 1 aromatic heterocycles. The van der Waals surface area contributed by atoms with Gasteiger partial charge in [0.15, 0.2) is 5.82 Å². The van der Waals surface area contributed by atoms with Crippen LogP contribution in [0, 0.1) is 0 Å². The maximum Gasteiger partial charge on any atom is 0.240 e. The minimum atomic E-state index is -0.0906. The lowest BCUT2D eigenvalue weighted by atomic mass is 9.96. The molecule has 0 saturated carbocycles. The standard InChI is InChI=1S/C18H25N3O2/c1-13-10-21(11-15(22-13)14-8-6-5-7-9-14)12-16-19-17(20-23-16)18(2,3)4/h5-9,13,15H,10-12H2,1-4H3/t13-,15+/m0/s1. The molecule has 2 heterocycles. The van der Waals surface area contributed by atoms with E-state index in [1.807, 2.05) is 6.07 Å². The molecule has 23 heavy (non-hydrogen) atoms. The Balaban J connectivity index is 1.69. The number of aromatic nitrogens is 2. The summed E-state index contributed by atoms with van der Waals surface area (Å²) in [5.74, 6) is 1.43. The number of rotatable bonds is 3. The average Bonchev–Trinajstić information content (AvgIpc) is 2.96. The lowest BCUT2D eigenvalue weighted by Gasteiger charge is -2.36. The molecule has 0 bridgehead atoms. The minimum Gasteiger partial charge on any atom is -0.368 e. The predicted octanol–water partition coefficient (Wildman–Crippen LogP) is 3.33. The number of benzene rings is 1. The van der Waals surface area contributed by atoms with E-state index in [4.69, 9.17) is 9.26 Å². The quantitative estimate of drug-likeness (QED) is 0.869. The van der Waals surface area contributed by atoms with Crippen LogP contribution < -0.4 is 0 Å². The van der Waals surface area contributed by atoms with Gasteiger partial charge in [-0.2, -0.15) is 4.98 Å². The molecule has 3 rings (SSSR count). The van der Waals surface area contributed by atoms with Crippen molar-refractivity contribution in [1.29, 1.82) is 0 Å². The molecule has 1 fully saturated rings. The summed E-state index contributed by atoms with van der Waals surface area (Å²) in [7, 11) is 0. The van der Waals surface area contributed by atoms with E-state index in [2.05, 4.69) is 67.0 Å². The Morgan fingerprint density at radius 2 is 1.91 bits per heavy atom. The van der Waals surface area contributed by atoms with E-state index < -0.39 is 0 Å². The van der Waals surface area contributed by atoms with Crippen molar-refractivity contribution >= 4 is 0 Å². The van der Waals surface area contributed by atoms with Gasteiger partial charge in [0, 0.05) is 18.5 Å². The SMILES string of the molecule is C[C@H]1CN(Cc2nc(C(C)(C)C)no2)C[C@H](c2ccccc2)O1. The van der Waals surface area contributed by atoms with Crippen LogP contribution in [0.4, 0.5) is 0 Å². The lowest BCUT2D eigenvalue weighted by Crippen LogP contribution is -2.42. The number of nitrogens with zero attached hydrogens (tertiary/aromatic N) is 3. The van der Waals surface area contributed by atoms with Crippen molar-refractivity contribution in [2.75, 3.05) is 13.1 Å². The normalized spacial score (nSPS) is 23.1. The fraction of sp³-hybridized carbons (Fsp3) is 0.556.